The second kappa shape index (κ2) is 8.33. The monoisotopic (exact) mass is 459 g/mol. The van der Waals surface area contributed by atoms with E-state index in [1.807, 2.05) is 54.0 Å². The summed E-state index contributed by atoms with van der Waals surface area (Å²) < 4.78 is 41.1. The number of rotatable bonds is 4. The van der Waals surface area contributed by atoms with Crippen molar-refractivity contribution in [1.29, 1.82) is 0 Å². The van der Waals surface area contributed by atoms with Crippen LogP contribution in [0, 0.1) is 6.92 Å². The first-order chi connectivity index (χ1) is 16.3. The predicted octanol–water partition coefficient (Wildman–Crippen LogP) is 6.44. The molecule has 0 saturated carbocycles. The standard InChI is InChI=1S/C27H20F3N3O/c1-17-2-8-24-22(14-17)23-15-19(26(34)32-16-18-10-12-31-13-11-18)3-9-25(23)33(24)21-6-4-20(5-7-21)27(28,29)30/h2-15H,16H2,1H3,(H,32,34). The lowest BCUT2D eigenvalue weighted by atomic mass is 10.1. The van der Waals surface area contributed by atoms with Gasteiger partial charge in [-0.1, -0.05) is 11.6 Å². The van der Waals surface area contributed by atoms with Crippen LogP contribution >= 0.6 is 0 Å². The molecule has 0 bridgehead atoms. The van der Waals surface area contributed by atoms with Crippen molar-refractivity contribution < 1.29 is 18.0 Å². The van der Waals surface area contributed by atoms with E-state index in [0.29, 0.717) is 17.8 Å². The van der Waals surface area contributed by atoms with Gasteiger partial charge in [-0.2, -0.15) is 13.2 Å². The molecule has 0 spiro atoms. The van der Waals surface area contributed by atoms with Gasteiger partial charge in [-0.05, 0) is 79.2 Å². The molecule has 0 aliphatic heterocycles. The van der Waals surface area contributed by atoms with Crippen LogP contribution in [-0.2, 0) is 12.7 Å². The molecular weight excluding hydrogens is 439 g/mol. The molecule has 0 aliphatic rings. The Morgan fingerprint density at radius 2 is 1.53 bits per heavy atom. The van der Waals surface area contributed by atoms with E-state index in [-0.39, 0.29) is 5.91 Å². The van der Waals surface area contributed by atoms with E-state index in [1.54, 1.807) is 18.5 Å². The molecule has 5 rings (SSSR count). The Bertz CT molecular complexity index is 1500. The zero-order valence-electron chi connectivity index (χ0n) is 18.2. The molecule has 1 N–H and O–H groups in total. The van der Waals surface area contributed by atoms with Crippen molar-refractivity contribution in [3.8, 4) is 5.69 Å². The van der Waals surface area contributed by atoms with Gasteiger partial charge in [0, 0.05) is 41.0 Å². The Morgan fingerprint density at radius 3 is 2.21 bits per heavy atom. The summed E-state index contributed by atoms with van der Waals surface area (Å²) in [6.07, 6.45) is -1.05. The summed E-state index contributed by atoms with van der Waals surface area (Å²) in [6.45, 7) is 2.36. The van der Waals surface area contributed by atoms with Gasteiger partial charge < -0.3 is 9.88 Å². The van der Waals surface area contributed by atoms with Crippen molar-refractivity contribution in [2.75, 3.05) is 0 Å². The second-order valence-corrected chi connectivity index (χ2v) is 8.17. The molecule has 3 aromatic carbocycles. The molecule has 0 fully saturated rings. The van der Waals surface area contributed by atoms with E-state index in [4.69, 9.17) is 0 Å². The fourth-order valence-electron chi connectivity index (χ4n) is 4.14. The molecule has 0 radical (unpaired) electrons. The molecule has 34 heavy (non-hydrogen) atoms. The molecule has 2 aromatic heterocycles. The summed E-state index contributed by atoms with van der Waals surface area (Å²) in [7, 11) is 0. The first-order valence-electron chi connectivity index (χ1n) is 10.7. The number of hydrogen-bond donors (Lipinski definition) is 1. The number of hydrogen-bond acceptors (Lipinski definition) is 2. The minimum Gasteiger partial charge on any atom is -0.348 e. The van der Waals surface area contributed by atoms with Crippen LogP contribution in [-0.4, -0.2) is 15.5 Å². The maximum Gasteiger partial charge on any atom is 0.416 e. The Balaban J connectivity index is 1.58. The lowest BCUT2D eigenvalue weighted by Crippen LogP contribution is -2.22. The minimum atomic E-state index is -4.39. The molecule has 4 nitrogen and oxygen atoms in total. The molecule has 5 aromatic rings. The highest BCUT2D eigenvalue weighted by atomic mass is 19.4. The molecule has 0 aliphatic carbocycles. The summed E-state index contributed by atoms with van der Waals surface area (Å²) in [5, 5.41) is 4.70. The van der Waals surface area contributed by atoms with Crippen LogP contribution in [0.3, 0.4) is 0 Å². The zero-order chi connectivity index (χ0) is 23.9. The summed E-state index contributed by atoms with van der Waals surface area (Å²) >= 11 is 0. The highest BCUT2D eigenvalue weighted by Gasteiger charge is 2.30. The highest BCUT2D eigenvalue weighted by Crippen LogP contribution is 2.35. The zero-order valence-corrected chi connectivity index (χ0v) is 18.2. The van der Waals surface area contributed by atoms with Crippen LogP contribution in [0.15, 0.2) is 85.2 Å². The predicted molar refractivity (Wildman–Crippen MR) is 126 cm³/mol. The summed E-state index contributed by atoms with van der Waals surface area (Å²) in [4.78, 5) is 16.8. The third kappa shape index (κ3) is 4.01. The van der Waals surface area contributed by atoms with Crippen LogP contribution in [0.2, 0.25) is 0 Å². The van der Waals surface area contributed by atoms with Crippen molar-refractivity contribution in [3.05, 3.63) is 107 Å². The minimum absolute atomic E-state index is 0.207. The highest BCUT2D eigenvalue weighted by molar-refractivity contribution is 6.11. The third-order valence-corrected chi connectivity index (χ3v) is 5.84. The van der Waals surface area contributed by atoms with Gasteiger partial charge in [-0.15, -0.1) is 0 Å². The fraction of sp³-hybridized carbons (Fsp3) is 0.111. The Morgan fingerprint density at radius 1 is 0.882 bits per heavy atom. The van der Waals surface area contributed by atoms with Crippen LogP contribution in [0.4, 0.5) is 13.2 Å². The molecule has 170 valence electrons. The summed E-state index contributed by atoms with van der Waals surface area (Å²) in [6, 6.07) is 20.1. The largest absolute Gasteiger partial charge is 0.416 e. The summed E-state index contributed by atoms with van der Waals surface area (Å²) in [5.41, 5.74) is 4.09. The third-order valence-electron chi connectivity index (χ3n) is 5.84. The maximum absolute atomic E-state index is 13.1. The SMILES string of the molecule is Cc1ccc2c(c1)c1cc(C(=O)NCc3ccncc3)ccc1n2-c1ccc(C(F)(F)F)cc1. The van der Waals surface area contributed by atoms with Gasteiger partial charge in [0.15, 0.2) is 0 Å². The van der Waals surface area contributed by atoms with Crippen LogP contribution in [0.1, 0.15) is 27.0 Å². The number of pyridine rings is 1. The van der Waals surface area contributed by atoms with E-state index in [9.17, 15) is 18.0 Å². The van der Waals surface area contributed by atoms with E-state index < -0.39 is 11.7 Å². The van der Waals surface area contributed by atoms with Gasteiger partial charge in [0.05, 0.1) is 16.6 Å². The van der Waals surface area contributed by atoms with Gasteiger partial charge in [-0.25, -0.2) is 0 Å². The molecule has 1 amide bonds. The smallest absolute Gasteiger partial charge is 0.348 e. The number of benzene rings is 3. The average molecular weight is 459 g/mol. The number of aryl methyl sites for hydroxylation is 1. The number of fused-ring (bicyclic) bond motifs is 3. The van der Waals surface area contributed by atoms with Crippen molar-refractivity contribution in [2.45, 2.75) is 19.6 Å². The van der Waals surface area contributed by atoms with Gasteiger partial charge in [-0.3, -0.25) is 9.78 Å². The van der Waals surface area contributed by atoms with Crippen molar-refractivity contribution in [1.82, 2.24) is 14.9 Å². The van der Waals surface area contributed by atoms with Crippen molar-refractivity contribution in [3.63, 3.8) is 0 Å². The van der Waals surface area contributed by atoms with Crippen molar-refractivity contribution in [2.24, 2.45) is 0 Å². The Kier molecular flexibility index (Phi) is 5.32. The van der Waals surface area contributed by atoms with Gasteiger partial charge in [0.2, 0.25) is 0 Å². The number of alkyl halides is 3. The molecule has 7 heteroatoms. The number of carbonyl (C=O) groups excluding carboxylic acids is 1. The van der Waals surface area contributed by atoms with E-state index >= 15 is 0 Å². The normalized spacial score (nSPS) is 11.8. The average Bonchev–Trinajstić information content (AvgIpc) is 3.15. The number of halogens is 3. The lowest BCUT2D eigenvalue weighted by Gasteiger charge is -2.11. The lowest BCUT2D eigenvalue weighted by molar-refractivity contribution is -0.137. The summed E-state index contributed by atoms with van der Waals surface area (Å²) in [5.74, 6) is -0.207. The Hall–Kier alpha value is -4.13. The second-order valence-electron chi connectivity index (χ2n) is 8.17. The number of amides is 1. The first kappa shape index (κ1) is 21.7. The van der Waals surface area contributed by atoms with E-state index in [0.717, 1.165) is 45.1 Å². The van der Waals surface area contributed by atoms with Gasteiger partial charge in [0.25, 0.3) is 5.91 Å². The molecule has 2 heterocycles. The fourth-order valence-corrected chi connectivity index (χ4v) is 4.14. The van der Waals surface area contributed by atoms with Crippen molar-refractivity contribution >= 4 is 27.7 Å². The topological polar surface area (TPSA) is 46.9 Å². The maximum atomic E-state index is 13.1. The number of aromatic nitrogens is 2. The molecule has 0 saturated heterocycles. The molecule has 0 atom stereocenters. The number of carbonyl (C=O) groups is 1. The Labute approximate surface area is 193 Å². The number of nitrogens with zero attached hydrogens (tertiary/aromatic N) is 2. The first-order valence-corrected chi connectivity index (χ1v) is 10.7. The molecule has 0 unspecified atom stereocenters. The van der Waals surface area contributed by atoms with Gasteiger partial charge in [0.1, 0.15) is 0 Å². The van der Waals surface area contributed by atoms with E-state index in [2.05, 4.69) is 10.3 Å². The van der Waals surface area contributed by atoms with Crippen LogP contribution < -0.4 is 5.32 Å². The van der Waals surface area contributed by atoms with Crippen LogP contribution in [0.25, 0.3) is 27.5 Å². The quantitative estimate of drug-likeness (QED) is 0.336. The van der Waals surface area contributed by atoms with Crippen LogP contribution in [0.5, 0.6) is 0 Å². The van der Waals surface area contributed by atoms with Gasteiger partial charge >= 0.3 is 6.18 Å². The van der Waals surface area contributed by atoms with E-state index in [1.165, 1.54) is 12.1 Å². The number of nitrogens with one attached hydrogen (secondary N) is 1. The molecular formula is C27H20F3N3O.